The highest BCUT2D eigenvalue weighted by Gasteiger charge is 2.03. The number of ether oxygens (including phenoxy) is 3. The van der Waals surface area contributed by atoms with E-state index in [1.54, 1.807) is 7.11 Å². The summed E-state index contributed by atoms with van der Waals surface area (Å²) in [6, 6.07) is 4.29. The van der Waals surface area contributed by atoms with Gasteiger partial charge in [0.15, 0.2) is 6.61 Å². The van der Waals surface area contributed by atoms with E-state index >= 15 is 0 Å². The van der Waals surface area contributed by atoms with Crippen LogP contribution in [0.4, 0.5) is 0 Å². The van der Waals surface area contributed by atoms with E-state index in [1.165, 1.54) is 30.5 Å². The molecule has 0 aliphatic carbocycles. The van der Waals surface area contributed by atoms with Crippen LogP contribution in [-0.4, -0.2) is 42.5 Å². The Balaban J connectivity index is 0.000000458. The monoisotopic (exact) mass is 350 g/mol. The Hall–Kier alpha value is -2.67. The summed E-state index contributed by atoms with van der Waals surface area (Å²) in [7, 11) is 2.90. The number of hydrogen-bond donors (Lipinski definition) is 0. The third-order valence-electron chi connectivity index (χ3n) is 2.87. The van der Waals surface area contributed by atoms with Crippen molar-refractivity contribution in [2.75, 3.05) is 20.8 Å². The van der Waals surface area contributed by atoms with E-state index in [9.17, 15) is 9.59 Å². The van der Waals surface area contributed by atoms with Crippen LogP contribution in [0.2, 0.25) is 0 Å². The van der Waals surface area contributed by atoms with Crippen molar-refractivity contribution in [1.82, 2.24) is 9.78 Å². The highest BCUT2D eigenvalue weighted by Crippen LogP contribution is 2.18. The number of fused-ring (bicyclic) bond motifs is 1. The van der Waals surface area contributed by atoms with Crippen molar-refractivity contribution in [2.45, 2.75) is 27.5 Å². The van der Waals surface area contributed by atoms with Gasteiger partial charge in [0.1, 0.15) is 6.73 Å². The van der Waals surface area contributed by atoms with Gasteiger partial charge in [0.2, 0.25) is 0 Å². The van der Waals surface area contributed by atoms with E-state index in [4.69, 9.17) is 4.74 Å². The number of hydrogen-bond acceptors (Lipinski definition) is 6. The summed E-state index contributed by atoms with van der Waals surface area (Å²) in [6.07, 6.45) is 2.01. The molecular formula is C18H26N2O5. The number of methoxy groups -OCH3 is 2. The standard InChI is InChI=1S/C11H14N2O.C5H8O4.C2H4/c1-8-4-9(2)11-10(5-8)6-13(12-11)7-14-3;1-4(6)9-3-5(7)8-2;1-2/h4-6H,7H2,1-3H3;3H2,1-2H3;1-2H2. The van der Waals surface area contributed by atoms with Crippen LogP contribution in [-0.2, 0) is 30.5 Å². The Labute approximate surface area is 148 Å². The lowest BCUT2D eigenvalue weighted by molar-refractivity contribution is -0.155. The molecule has 2 rings (SSSR count). The lowest BCUT2D eigenvalue weighted by atomic mass is 10.1. The largest absolute Gasteiger partial charge is 0.466 e. The van der Waals surface area contributed by atoms with Gasteiger partial charge in [-0.05, 0) is 25.5 Å². The van der Waals surface area contributed by atoms with Gasteiger partial charge in [-0.3, -0.25) is 4.79 Å². The van der Waals surface area contributed by atoms with Crippen molar-refractivity contribution in [3.8, 4) is 0 Å². The third-order valence-corrected chi connectivity index (χ3v) is 2.87. The summed E-state index contributed by atoms with van der Waals surface area (Å²) in [4.78, 5) is 20.3. The van der Waals surface area contributed by atoms with E-state index < -0.39 is 11.9 Å². The molecule has 0 aliphatic heterocycles. The molecule has 0 bridgehead atoms. The molecule has 1 heterocycles. The molecule has 0 saturated carbocycles. The van der Waals surface area contributed by atoms with Crippen molar-refractivity contribution in [1.29, 1.82) is 0 Å². The predicted octanol–water partition coefficient (Wildman–Crippen LogP) is 2.78. The number of carbonyl (C=O) groups is 2. The lowest BCUT2D eigenvalue weighted by Crippen LogP contribution is -2.12. The van der Waals surface area contributed by atoms with Crippen LogP contribution in [0.15, 0.2) is 31.5 Å². The molecule has 7 nitrogen and oxygen atoms in total. The van der Waals surface area contributed by atoms with Gasteiger partial charge in [0.25, 0.3) is 0 Å². The fraction of sp³-hybridized carbons (Fsp3) is 0.389. The Kier molecular flexibility index (Phi) is 10.5. The second-order valence-electron chi connectivity index (χ2n) is 4.96. The smallest absolute Gasteiger partial charge is 0.344 e. The molecule has 0 spiro atoms. The molecule has 0 N–H and O–H groups in total. The van der Waals surface area contributed by atoms with Crippen molar-refractivity contribution in [3.05, 3.63) is 42.6 Å². The van der Waals surface area contributed by atoms with E-state index in [0.29, 0.717) is 6.73 Å². The molecule has 0 atom stereocenters. The Morgan fingerprint density at radius 2 is 1.84 bits per heavy atom. The lowest BCUT2D eigenvalue weighted by Gasteiger charge is -1.97. The zero-order chi connectivity index (χ0) is 19.4. The summed E-state index contributed by atoms with van der Waals surface area (Å²) in [6.45, 7) is 11.6. The summed E-state index contributed by atoms with van der Waals surface area (Å²) in [5, 5.41) is 5.61. The molecule has 0 unspecified atom stereocenters. The molecule has 138 valence electrons. The van der Waals surface area contributed by atoms with Crippen LogP contribution in [0.5, 0.6) is 0 Å². The van der Waals surface area contributed by atoms with Crippen LogP contribution < -0.4 is 0 Å². The van der Waals surface area contributed by atoms with Crippen LogP contribution >= 0.6 is 0 Å². The maximum atomic E-state index is 10.2. The normalized spacial score (nSPS) is 9.32. The third kappa shape index (κ3) is 8.12. The average molecular weight is 350 g/mol. The Morgan fingerprint density at radius 3 is 2.36 bits per heavy atom. The average Bonchev–Trinajstić information content (AvgIpc) is 2.98. The molecule has 1 aromatic carbocycles. The van der Waals surface area contributed by atoms with Crippen molar-refractivity contribution >= 4 is 22.8 Å². The van der Waals surface area contributed by atoms with Crippen LogP contribution in [0.1, 0.15) is 18.1 Å². The molecule has 0 fully saturated rings. The first-order chi connectivity index (χ1) is 11.9. The topological polar surface area (TPSA) is 79.6 Å². The summed E-state index contributed by atoms with van der Waals surface area (Å²) >= 11 is 0. The minimum absolute atomic E-state index is 0.300. The van der Waals surface area contributed by atoms with Gasteiger partial charge < -0.3 is 14.2 Å². The number of esters is 2. The fourth-order valence-electron chi connectivity index (χ4n) is 1.96. The van der Waals surface area contributed by atoms with Gasteiger partial charge in [0.05, 0.1) is 12.6 Å². The quantitative estimate of drug-likeness (QED) is 0.623. The number of rotatable bonds is 4. The SMILES string of the molecule is C=C.COC(=O)COC(C)=O.COCn1cc2cc(C)cc(C)c2n1. The number of carbonyl (C=O) groups excluding carboxylic acids is 2. The number of aryl methyl sites for hydroxylation is 2. The van der Waals surface area contributed by atoms with Crippen LogP contribution in [0.3, 0.4) is 0 Å². The second-order valence-corrected chi connectivity index (χ2v) is 4.96. The first kappa shape index (κ1) is 22.3. The highest BCUT2D eigenvalue weighted by atomic mass is 16.6. The van der Waals surface area contributed by atoms with E-state index in [1.807, 2.05) is 10.9 Å². The second kappa shape index (κ2) is 11.8. The van der Waals surface area contributed by atoms with Crippen LogP contribution in [0, 0.1) is 13.8 Å². The van der Waals surface area contributed by atoms with Gasteiger partial charge >= 0.3 is 11.9 Å². The molecule has 2 aromatic rings. The highest BCUT2D eigenvalue weighted by molar-refractivity contribution is 5.82. The minimum atomic E-state index is -0.551. The van der Waals surface area contributed by atoms with E-state index in [2.05, 4.69) is 53.7 Å². The predicted molar refractivity (Wildman–Crippen MR) is 96.1 cm³/mol. The molecule has 0 radical (unpaired) electrons. The molecule has 7 heteroatoms. The Morgan fingerprint density at radius 1 is 1.20 bits per heavy atom. The molecule has 1 aromatic heterocycles. The number of benzene rings is 1. The number of aromatic nitrogens is 2. The molecule has 0 amide bonds. The van der Waals surface area contributed by atoms with Gasteiger partial charge in [0, 0.05) is 25.6 Å². The number of nitrogens with zero attached hydrogens (tertiary/aromatic N) is 2. The zero-order valence-corrected chi connectivity index (χ0v) is 15.5. The van der Waals surface area contributed by atoms with Crippen molar-refractivity contribution < 1.29 is 23.8 Å². The molecular weight excluding hydrogens is 324 g/mol. The minimum Gasteiger partial charge on any atom is -0.466 e. The van der Waals surface area contributed by atoms with Crippen LogP contribution in [0.25, 0.3) is 10.9 Å². The first-order valence-corrected chi connectivity index (χ1v) is 7.51. The van der Waals surface area contributed by atoms with E-state index in [0.717, 1.165) is 5.52 Å². The summed E-state index contributed by atoms with van der Waals surface area (Å²) in [5.41, 5.74) is 3.55. The Bertz CT molecular complexity index is 694. The molecule has 25 heavy (non-hydrogen) atoms. The van der Waals surface area contributed by atoms with Crippen molar-refractivity contribution in [2.24, 2.45) is 0 Å². The molecule has 0 saturated heterocycles. The van der Waals surface area contributed by atoms with Gasteiger partial charge in [-0.1, -0.05) is 11.6 Å². The maximum absolute atomic E-state index is 10.2. The first-order valence-electron chi connectivity index (χ1n) is 7.51. The van der Waals surface area contributed by atoms with Gasteiger partial charge in [-0.25, -0.2) is 9.48 Å². The summed E-state index contributed by atoms with van der Waals surface area (Å²) < 4.78 is 15.3. The summed E-state index contributed by atoms with van der Waals surface area (Å²) in [5.74, 6) is -1.04. The fourth-order valence-corrected chi connectivity index (χ4v) is 1.96. The molecule has 0 aliphatic rings. The zero-order valence-electron chi connectivity index (χ0n) is 15.5. The van der Waals surface area contributed by atoms with Gasteiger partial charge in [-0.2, -0.15) is 5.10 Å². The van der Waals surface area contributed by atoms with Gasteiger partial charge in [-0.15, -0.1) is 13.2 Å². The van der Waals surface area contributed by atoms with Crippen molar-refractivity contribution in [3.63, 3.8) is 0 Å². The maximum Gasteiger partial charge on any atom is 0.344 e. The van der Waals surface area contributed by atoms with E-state index in [-0.39, 0.29) is 6.61 Å².